The third-order valence-electron chi connectivity index (χ3n) is 3.92. The number of amides is 2. The highest BCUT2D eigenvalue weighted by atomic mass is 16.5. The number of rotatable bonds is 4. The van der Waals surface area contributed by atoms with Gasteiger partial charge in [0.2, 0.25) is 5.91 Å². The van der Waals surface area contributed by atoms with Crippen LogP contribution in [0.4, 0.5) is 5.69 Å². The fourth-order valence-electron chi connectivity index (χ4n) is 2.62. The van der Waals surface area contributed by atoms with Gasteiger partial charge in [-0.1, -0.05) is 0 Å². The molecule has 0 spiro atoms. The summed E-state index contributed by atoms with van der Waals surface area (Å²) in [5, 5.41) is 5.66. The number of ether oxygens (including phenoxy) is 2. The third kappa shape index (κ3) is 4.20. The Morgan fingerprint density at radius 2 is 2.09 bits per heavy atom. The predicted octanol–water partition coefficient (Wildman–Crippen LogP) is 0.470. The van der Waals surface area contributed by atoms with E-state index in [0.29, 0.717) is 36.6 Å². The molecule has 1 aromatic carbocycles. The molecule has 7 heteroatoms. The Balaban J connectivity index is 1.55. The number of carbonyl (C=O) groups is 2. The number of benzene rings is 1. The minimum Gasteiger partial charge on any atom is -0.491 e. The molecule has 2 amide bonds. The first-order chi connectivity index (χ1) is 11.2. The Kier molecular flexibility index (Phi) is 5.09. The van der Waals surface area contributed by atoms with Crippen molar-refractivity contribution in [3.8, 4) is 5.75 Å². The molecule has 3 rings (SSSR count). The van der Waals surface area contributed by atoms with Gasteiger partial charge in [-0.25, -0.2) is 0 Å². The van der Waals surface area contributed by atoms with Crippen LogP contribution < -0.4 is 15.4 Å². The van der Waals surface area contributed by atoms with Crippen LogP contribution in [0, 0.1) is 0 Å². The summed E-state index contributed by atoms with van der Waals surface area (Å²) in [5.41, 5.74) is 1.06. The zero-order valence-electron chi connectivity index (χ0n) is 13.0. The van der Waals surface area contributed by atoms with Gasteiger partial charge >= 0.3 is 0 Å². The van der Waals surface area contributed by atoms with E-state index >= 15 is 0 Å². The molecular formula is C16H21N3O4. The van der Waals surface area contributed by atoms with Crippen LogP contribution in [-0.2, 0) is 9.53 Å². The number of morpholine rings is 1. The molecule has 23 heavy (non-hydrogen) atoms. The topological polar surface area (TPSA) is 79.9 Å². The van der Waals surface area contributed by atoms with Gasteiger partial charge in [-0.3, -0.25) is 14.5 Å². The molecule has 0 atom stereocenters. The molecule has 0 radical (unpaired) electrons. The molecule has 2 heterocycles. The van der Waals surface area contributed by atoms with Gasteiger partial charge in [0.15, 0.2) is 0 Å². The van der Waals surface area contributed by atoms with Crippen LogP contribution in [0.5, 0.6) is 5.75 Å². The third-order valence-corrected chi connectivity index (χ3v) is 3.92. The Morgan fingerprint density at radius 3 is 2.91 bits per heavy atom. The lowest BCUT2D eigenvalue weighted by Gasteiger charge is -2.26. The maximum absolute atomic E-state index is 12.2. The van der Waals surface area contributed by atoms with Gasteiger partial charge in [0, 0.05) is 31.7 Å². The van der Waals surface area contributed by atoms with Gasteiger partial charge in [0.25, 0.3) is 5.91 Å². The van der Waals surface area contributed by atoms with E-state index in [1.54, 1.807) is 18.2 Å². The van der Waals surface area contributed by atoms with Crippen LogP contribution in [0.25, 0.3) is 0 Å². The zero-order chi connectivity index (χ0) is 16.1. The van der Waals surface area contributed by atoms with Crippen molar-refractivity contribution in [2.24, 2.45) is 0 Å². The molecule has 7 nitrogen and oxygen atoms in total. The van der Waals surface area contributed by atoms with E-state index in [4.69, 9.17) is 9.47 Å². The number of anilines is 1. The molecule has 2 aliphatic rings. The van der Waals surface area contributed by atoms with Gasteiger partial charge in [0.1, 0.15) is 5.75 Å². The van der Waals surface area contributed by atoms with Gasteiger partial charge < -0.3 is 20.1 Å². The van der Waals surface area contributed by atoms with Gasteiger partial charge in [-0.05, 0) is 18.2 Å². The average Bonchev–Trinajstić information content (AvgIpc) is 2.75. The minimum atomic E-state index is -0.153. The maximum atomic E-state index is 12.2. The summed E-state index contributed by atoms with van der Waals surface area (Å²) < 4.78 is 10.8. The summed E-state index contributed by atoms with van der Waals surface area (Å²) in [4.78, 5) is 26.1. The molecule has 1 saturated heterocycles. The predicted molar refractivity (Wildman–Crippen MR) is 84.8 cm³/mol. The Hall–Kier alpha value is -2.12. The van der Waals surface area contributed by atoms with Gasteiger partial charge in [0.05, 0.1) is 31.9 Å². The van der Waals surface area contributed by atoms with Crippen molar-refractivity contribution in [2.45, 2.75) is 6.42 Å². The van der Waals surface area contributed by atoms with Crippen LogP contribution in [0.1, 0.15) is 16.8 Å². The highest BCUT2D eigenvalue weighted by Gasteiger charge is 2.16. The van der Waals surface area contributed by atoms with E-state index in [-0.39, 0.29) is 11.8 Å². The van der Waals surface area contributed by atoms with E-state index in [9.17, 15) is 9.59 Å². The van der Waals surface area contributed by atoms with Crippen molar-refractivity contribution in [3.05, 3.63) is 23.8 Å². The SMILES string of the molecule is O=C1CCOc2ccc(C(=O)NCCN3CCOCC3)cc2N1. The highest BCUT2D eigenvalue weighted by Crippen LogP contribution is 2.28. The number of fused-ring (bicyclic) bond motifs is 1. The van der Waals surface area contributed by atoms with Crippen LogP contribution in [-0.4, -0.2) is 62.7 Å². The first-order valence-corrected chi connectivity index (χ1v) is 7.87. The summed E-state index contributed by atoms with van der Waals surface area (Å²) in [6.45, 7) is 5.04. The van der Waals surface area contributed by atoms with Crippen molar-refractivity contribution in [1.29, 1.82) is 0 Å². The van der Waals surface area contributed by atoms with E-state index in [2.05, 4.69) is 15.5 Å². The second kappa shape index (κ2) is 7.43. The smallest absolute Gasteiger partial charge is 0.251 e. The summed E-state index contributed by atoms with van der Waals surface area (Å²) in [6.07, 6.45) is 0.315. The molecule has 0 aliphatic carbocycles. The number of carbonyl (C=O) groups excluding carboxylic acids is 2. The number of hydrogen-bond donors (Lipinski definition) is 2. The molecule has 1 aromatic rings. The zero-order valence-corrected chi connectivity index (χ0v) is 13.0. The second-order valence-corrected chi connectivity index (χ2v) is 5.57. The minimum absolute atomic E-state index is 0.103. The molecule has 2 N–H and O–H groups in total. The van der Waals surface area contributed by atoms with E-state index in [0.717, 1.165) is 32.8 Å². The lowest BCUT2D eigenvalue weighted by molar-refractivity contribution is -0.116. The van der Waals surface area contributed by atoms with E-state index in [1.807, 2.05) is 0 Å². The van der Waals surface area contributed by atoms with Crippen LogP contribution in [0.3, 0.4) is 0 Å². The normalized spacial score (nSPS) is 18.3. The molecule has 124 valence electrons. The highest BCUT2D eigenvalue weighted by molar-refractivity contribution is 5.98. The van der Waals surface area contributed by atoms with Crippen LogP contribution in [0.15, 0.2) is 18.2 Å². The number of hydrogen-bond acceptors (Lipinski definition) is 5. The average molecular weight is 319 g/mol. The summed E-state index contributed by atoms with van der Waals surface area (Å²) >= 11 is 0. The molecule has 0 saturated carbocycles. The van der Waals surface area contributed by atoms with E-state index in [1.165, 1.54) is 0 Å². The molecule has 1 fully saturated rings. The van der Waals surface area contributed by atoms with E-state index < -0.39 is 0 Å². The van der Waals surface area contributed by atoms with Crippen LogP contribution >= 0.6 is 0 Å². The Labute approximate surface area is 134 Å². The fourth-order valence-corrected chi connectivity index (χ4v) is 2.62. The molecular weight excluding hydrogens is 298 g/mol. The molecule has 0 unspecified atom stereocenters. The lowest BCUT2D eigenvalue weighted by Crippen LogP contribution is -2.41. The molecule has 0 bridgehead atoms. The molecule has 0 aromatic heterocycles. The van der Waals surface area contributed by atoms with Gasteiger partial charge in [-0.2, -0.15) is 0 Å². The lowest BCUT2D eigenvalue weighted by atomic mass is 10.1. The summed E-state index contributed by atoms with van der Waals surface area (Å²) in [5.74, 6) is 0.342. The number of nitrogens with one attached hydrogen (secondary N) is 2. The monoisotopic (exact) mass is 319 g/mol. The van der Waals surface area contributed by atoms with Crippen molar-refractivity contribution in [2.75, 3.05) is 51.3 Å². The van der Waals surface area contributed by atoms with Crippen molar-refractivity contribution >= 4 is 17.5 Å². The first-order valence-electron chi connectivity index (χ1n) is 7.87. The Morgan fingerprint density at radius 1 is 1.26 bits per heavy atom. The second-order valence-electron chi connectivity index (χ2n) is 5.57. The summed E-state index contributed by atoms with van der Waals surface area (Å²) in [7, 11) is 0. The number of nitrogens with zero attached hydrogens (tertiary/aromatic N) is 1. The standard InChI is InChI=1S/C16H21N3O4/c20-15-3-8-23-14-2-1-12(11-13(14)18-15)16(21)17-4-5-19-6-9-22-10-7-19/h1-2,11H,3-10H2,(H,17,21)(H,18,20). The summed E-state index contributed by atoms with van der Waals surface area (Å²) in [6, 6.07) is 5.08. The van der Waals surface area contributed by atoms with Crippen LogP contribution in [0.2, 0.25) is 0 Å². The van der Waals surface area contributed by atoms with Gasteiger partial charge in [-0.15, -0.1) is 0 Å². The largest absolute Gasteiger partial charge is 0.491 e. The van der Waals surface area contributed by atoms with Crippen molar-refractivity contribution in [3.63, 3.8) is 0 Å². The maximum Gasteiger partial charge on any atom is 0.251 e. The van der Waals surface area contributed by atoms with Crippen molar-refractivity contribution in [1.82, 2.24) is 10.2 Å². The van der Waals surface area contributed by atoms with Crippen molar-refractivity contribution < 1.29 is 19.1 Å². The fraction of sp³-hybridized carbons (Fsp3) is 0.500. The quantitative estimate of drug-likeness (QED) is 0.843. The first kappa shape index (κ1) is 15.8. The Bertz CT molecular complexity index is 585. The molecule has 2 aliphatic heterocycles.